The predicted octanol–water partition coefficient (Wildman–Crippen LogP) is 1.97. The highest BCUT2D eigenvalue weighted by molar-refractivity contribution is 5.85. The van der Waals surface area contributed by atoms with Crippen LogP contribution in [-0.2, 0) is 9.53 Å². The molecule has 116 valence electrons. The van der Waals surface area contributed by atoms with Crippen molar-refractivity contribution in [1.82, 2.24) is 10.2 Å². The SMILES string of the molecule is Cl.O=C(CCC1CCCN1)N1CCC2(CCOCC2)C1. The van der Waals surface area contributed by atoms with Gasteiger partial charge in [0.25, 0.3) is 0 Å². The first-order valence-electron chi connectivity index (χ1n) is 7.86. The molecule has 0 saturated carbocycles. The summed E-state index contributed by atoms with van der Waals surface area (Å²) in [6, 6.07) is 0.587. The van der Waals surface area contributed by atoms with Crippen LogP contribution >= 0.6 is 12.4 Å². The zero-order chi connectivity index (χ0) is 13.1. The van der Waals surface area contributed by atoms with Crippen molar-refractivity contribution in [3.63, 3.8) is 0 Å². The lowest BCUT2D eigenvalue weighted by molar-refractivity contribution is -0.131. The molecule has 1 N–H and O–H groups in total. The molecule has 3 heterocycles. The van der Waals surface area contributed by atoms with Crippen molar-refractivity contribution >= 4 is 18.3 Å². The zero-order valence-corrected chi connectivity index (χ0v) is 13.1. The fourth-order valence-electron chi connectivity index (χ4n) is 3.82. The summed E-state index contributed by atoms with van der Waals surface area (Å²) in [4.78, 5) is 14.4. The minimum atomic E-state index is 0. The van der Waals surface area contributed by atoms with Gasteiger partial charge in [-0.2, -0.15) is 0 Å². The van der Waals surface area contributed by atoms with Crippen LogP contribution in [0.2, 0.25) is 0 Å². The summed E-state index contributed by atoms with van der Waals surface area (Å²) in [5.74, 6) is 0.372. The first kappa shape index (κ1) is 16.1. The van der Waals surface area contributed by atoms with E-state index in [2.05, 4.69) is 10.2 Å². The molecule has 1 atom stereocenters. The summed E-state index contributed by atoms with van der Waals surface area (Å²) in [5.41, 5.74) is 0.388. The highest BCUT2D eigenvalue weighted by Crippen LogP contribution is 2.39. The Morgan fingerprint density at radius 2 is 2.10 bits per heavy atom. The molecule has 0 aliphatic carbocycles. The lowest BCUT2D eigenvalue weighted by Crippen LogP contribution is -2.36. The Balaban J connectivity index is 0.00000147. The Kier molecular flexibility index (Phi) is 5.70. The number of ether oxygens (including phenoxy) is 1. The summed E-state index contributed by atoms with van der Waals surface area (Å²) >= 11 is 0. The molecule has 3 fully saturated rings. The normalized spacial score (nSPS) is 28.6. The first-order chi connectivity index (χ1) is 9.27. The minimum absolute atomic E-state index is 0. The maximum absolute atomic E-state index is 12.3. The molecule has 3 saturated heterocycles. The number of carbonyl (C=O) groups excluding carboxylic acids is 1. The molecule has 0 aromatic heterocycles. The van der Waals surface area contributed by atoms with Crippen LogP contribution in [0.5, 0.6) is 0 Å². The van der Waals surface area contributed by atoms with Gasteiger partial charge in [-0.1, -0.05) is 0 Å². The molecule has 1 spiro atoms. The maximum atomic E-state index is 12.3. The minimum Gasteiger partial charge on any atom is -0.381 e. The van der Waals surface area contributed by atoms with Crippen molar-refractivity contribution in [3.05, 3.63) is 0 Å². The number of hydrogen-bond acceptors (Lipinski definition) is 3. The number of nitrogens with one attached hydrogen (secondary N) is 1. The number of nitrogens with zero attached hydrogens (tertiary/aromatic N) is 1. The van der Waals surface area contributed by atoms with Crippen LogP contribution in [0.3, 0.4) is 0 Å². The van der Waals surface area contributed by atoms with Gasteiger partial charge in [0.15, 0.2) is 0 Å². The first-order valence-corrected chi connectivity index (χ1v) is 7.86. The van der Waals surface area contributed by atoms with E-state index in [9.17, 15) is 4.79 Å². The monoisotopic (exact) mass is 302 g/mol. The van der Waals surface area contributed by atoms with Gasteiger partial charge in [-0.05, 0) is 50.5 Å². The van der Waals surface area contributed by atoms with E-state index >= 15 is 0 Å². The second-order valence-electron chi connectivity index (χ2n) is 6.51. The van der Waals surface area contributed by atoms with Gasteiger partial charge in [0.1, 0.15) is 0 Å². The van der Waals surface area contributed by atoms with E-state index in [4.69, 9.17) is 4.74 Å². The number of hydrogen-bond donors (Lipinski definition) is 1. The molecular weight excluding hydrogens is 276 g/mol. The standard InChI is InChI=1S/C15H26N2O2.ClH/c18-14(4-3-13-2-1-8-16-13)17-9-5-15(12-17)6-10-19-11-7-15;/h13,16H,1-12H2;1H. The lowest BCUT2D eigenvalue weighted by Gasteiger charge is -2.33. The van der Waals surface area contributed by atoms with Gasteiger partial charge in [-0.3, -0.25) is 4.79 Å². The van der Waals surface area contributed by atoms with E-state index in [1.54, 1.807) is 0 Å². The number of halogens is 1. The van der Waals surface area contributed by atoms with Crippen molar-refractivity contribution in [2.24, 2.45) is 5.41 Å². The third kappa shape index (κ3) is 3.66. The van der Waals surface area contributed by atoms with Gasteiger partial charge in [-0.15, -0.1) is 12.4 Å². The van der Waals surface area contributed by atoms with E-state index in [-0.39, 0.29) is 12.4 Å². The smallest absolute Gasteiger partial charge is 0.222 e. The van der Waals surface area contributed by atoms with Crippen LogP contribution in [-0.4, -0.2) is 49.7 Å². The fourth-order valence-corrected chi connectivity index (χ4v) is 3.82. The maximum Gasteiger partial charge on any atom is 0.222 e. The van der Waals surface area contributed by atoms with Crippen molar-refractivity contribution in [2.45, 2.75) is 51.0 Å². The van der Waals surface area contributed by atoms with E-state index in [1.165, 1.54) is 19.3 Å². The third-order valence-electron chi connectivity index (χ3n) is 5.21. The molecule has 0 bridgehead atoms. The molecule has 3 aliphatic heterocycles. The number of amides is 1. The Morgan fingerprint density at radius 3 is 2.80 bits per heavy atom. The Bertz CT molecular complexity index is 326. The van der Waals surface area contributed by atoms with Crippen LogP contribution in [0.15, 0.2) is 0 Å². The molecule has 3 aliphatic rings. The summed E-state index contributed by atoms with van der Waals surface area (Å²) < 4.78 is 5.46. The highest BCUT2D eigenvalue weighted by atomic mass is 35.5. The van der Waals surface area contributed by atoms with E-state index < -0.39 is 0 Å². The van der Waals surface area contributed by atoms with Crippen LogP contribution in [0.25, 0.3) is 0 Å². The summed E-state index contributed by atoms with van der Waals surface area (Å²) in [7, 11) is 0. The van der Waals surface area contributed by atoms with Crippen LogP contribution in [0.4, 0.5) is 0 Å². The van der Waals surface area contributed by atoms with E-state index in [1.807, 2.05) is 0 Å². The van der Waals surface area contributed by atoms with Crippen molar-refractivity contribution in [3.8, 4) is 0 Å². The molecule has 0 radical (unpaired) electrons. The van der Waals surface area contributed by atoms with Crippen molar-refractivity contribution < 1.29 is 9.53 Å². The Labute approximate surface area is 128 Å². The van der Waals surface area contributed by atoms with Crippen LogP contribution in [0.1, 0.15) is 44.9 Å². The second-order valence-corrected chi connectivity index (χ2v) is 6.51. The molecular formula is C15H27ClN2O2. The second kappa shape index (κ2) is 7.10. The molecule has 1 amide bonds. The zero-order valence-electron chi connectivity index (χ0n) is 12.2. The largest absolute Gasteiger partial charge is 0.381 e. The lowest BCUT2D eigenvalue weighted by atomic mass is 9.80. The molecule has 5 heteroatoms. The van der Waals surface area contributed by atoms with Crippen molar-refractivity contribution in [2.75, 3.05) is 32.8 Å². The highest BCUT2D eigenvalue weighted by Gasteiger charge is 2.40. The summed E-state index contributed by atoms with van der Waals surface area (Å²) in [6.07, 6.45) is 7.72. The molecule has 4 nitrogen and oxygen atoms in total. The van der Waals surface area contributed by atoms with Gasteiger partial charge in [0, 0.05) is 38.8 Å². The number of carbonyl (C=O) groups is 1. The Morgan fingerprint density at radius 1 is 1.30 bits per heavy atom. The van der Waals surface area contributed by atoms with E-state index in [0.29, 0.717) is 17.4 Å². The van der Waals surface area contributed by atoms with Crippen molar-refractivity contribution in [1.29, 1.82) is 0 Å². The topological polar surface area (TPSA) is 41.6 Å². The molecule has 0 aromatic rings. The van der Waals surface area contributed by atoms with Gasteiger partial charge in [-0.25, -0.2) is 0 Å². The van der Waals surface area contributed by atoms with Gasteiger partial charge in [0.2, 0.25) is 5.91 Å². The van der Waals surface area contributed by atoms with Crippen LogP contribution in [0, 0.1) is 5.41 Å². The average molecular weight is 303 g/mol. The van der Waals surface area contributed by atoms with Gasteiger partial charge < -0.3 is 15.0 Å². The number of rotatable bonds is 3. The summed E-state index contributed by atoms with van der Waals surface area (Å²) in [5, 5.41) is 3.47. The molecule has 0 aromatic carbocycles. The third-order valence-corrected chi connectivity index (χ3v) is 5.21. The number of likely N-dealkylation sites (tertiary alicyclic amines) is 1. The quantitative estimate of drug-likeness (QED) is 0.866. The average Bonchev–Trinajstić information content (AvgIpc) is 3.07. The van der Waals surface area contributed by atoms with Crippen LogP contribution < -0.4 is 5.32 Å². The van der Waals surface area contributed by atoms with Gasteiger partial charge >= 0.3 is 0 Å². The summed E-state index contributed by atoms with van der Waals surface area (Å²) in [6.45, 7) is 4.85. The van der Waals surface area contributed by atoms with E-state index in [0.717, 1.165) is 58.5 Å². The molecule has 3 rings (SSSR count). The molecule has 1 unspecified atom stereocenters. The predicted molar refractivity (Wildman–Crippen MR) is 81.2 cm³/mol. The Hall–Kier alpha value is -0.320. The van der Waals surface area contributed by atoms with Gasteiger partial charge in [0.05, 0.1) is 0 Å². The molecule has 20 heavy (non-hydrogen) atoms. The fraction of sp³-hybridized carbons (Fsp3) is 0.933.